The number of rotatable bonds is 0. The summed E-state index contributed by atoms with van der Waals surface area (Å²) in [6.45, 7) is 2.97. The zero-order chi connectivity index (χ0) is 7.98. The van der Waals surface area contributed by atoms with Crippen LogP contribution in [0.2, 0.25) is 0 Å². The molecular weight excluding hydrogens is 263 g/mol. The minimum Gasteiger partial charge on any atom is -0.852 e. The number of piperidine rings is 1. The molecule has 0 spiro atoms. The van der Waals surface area contributed by atoms with E-state index in [9.17, 15) is 5.11 Å². The van der Waals surface area contributed by atoms with Crippen molar-refractivity contribution in [3.63, 3.8) is 0 Å². The second kappa shape index (κ2) is 10.0. The molecule has 2 unspecified atom stereocenters. The second-order valence-electron chi connectivity index (χ2n) is 2.50. The van der Waals surface area contributed by atoms with E-state index in [4.69, 9.17) is 5.11 Å². The van der Waals surface area contributed by atoms with Crippen molar-refractivity contribution in [3.8, 4) is 0 Å². The summed E-state index contributed by atoms with van der Waals surface area (Å²) in [5.74, 6) is 0. The van der Waals surface area contributed by atoms with Gasteiger partial charge in [-0.15, -0.1) is 6.10 Å². The molecule has 1 fully saturated rings. The molecule has 0 radical (unpaired) electrons. The van der Waals surface area contributed by atoms with Gasteiger partial charge in [0, 0.05) is 13.2 Å². The molecule has 62 valence electrons. The number of aliphatic hydroxyl groups excluding tert-OH is 1. The molecule has 11 heavy (non-hydrogen) atoms. The van der Waals surface area contributed by atoms with Crippen LogP contribution < -0.4 is 79.3 Å². The van der Waals surface area contributed by atoms with Crippen LogP contribution in [-0.2, 0) is 0 Å². The number of hydrogen-bond donors (Lipinski definition) is 2. The monoisotopic (exact) mass is 279 g/mol. The Morgan fingerprint density at radius 1 is 1.45 bits per heavy atom. The van der Waals surface area contributed by atoms with Gasteiger partial charge in [-0.1, -0.05) is 12.8 Å². The van der Waals surface area contributed by atoms with E-state index in [1.807, 2.05) is 0 Å². The van der Waals surface area contributed by atoms with Gasteiger partial charge in [-0.05, 0) is 13.5 Å². The fourth-order valence-electron chi connectivity index (χ4n) is 1.09. The van der Waals surface area contributed by atoms with Crippen molar-refractivity contribution in [1.82, 2.24) is 5.32 Å². The van der Waals surface area contributed by atoms with Gasteiger partial charge in [-0.3, -0.25) is 0 Å². The third-order valence-electron chi connectivity index (χ3n) is 1.58. The Bertz CT molecular complexity index is 74.8. The van der Waals surface area contributed by atoms with E-state index < -0.39 is 0 Å². The molecule has 1 aliphatic rings. The average Bonchev–Trinajstić information content (AvgIpc) is 1.91. The summed E-state index contributed by atoms with van der Waals surface area (Å²) in [7, 11) is 1.00. The first-order chi connectivity index (χ1) is 4.79. The van der Waals surface area contributed by atoms with Gasteiger partial charge in [0.25, 0.3) is 0 Å². The molecule has 3 nitrogen and oxygen atoms in total. The van der Waals surface area contributed by atoms with Gasteiger partial charge in [0.1, 0.15) is 0 Å². The molecule has 0 aromatic heterocycles. The zero-order valence-electron chi connectivity index (χ0n) is 7.63. The first kappa shape index (κ1) is 15.4. The third kappa shape index (κ3) is 8.27. The number of aliphatic hydroxyl groups is 1. The van der Waals surface area contributed by atoms with Crippen LogP contribution in [0.15, 0.2) is 0 Å². The van der Waals surface area contributed by atoms with E-state index in [1.54, 1.807) is 0 Å². The molecule has 0 aromatic carbocycles. The molecule has 0 bridgehead atoms. The Morgan fingerprint density at radius 2 is 2.00 bits per heavy atom. The Hall–Kier alpha value is 1.93. The molecule has 1 saturated heterocycles. The topological polar surface area (TPSA) is 55.3 Å². The fraction of sp³-hybridized carbons (Fsp3) is 1.00. The van der Waals surface area contributed by atoms with Crippen molar-refractivity contribution in [2.24, 2.45) is 0 Å². The molecule has 2 atom stereocenters. The summed E-state index contributed by atoms with van der Waals surface area (Å²) in [6.07, 6.45) is 1.32. The molecule has 0 saturated carbocycles. The van der Waals surface area contributed by atoms with Crippen molar-refractivity contribution < 1.29 is 79.1 Å². The standard InChI is InChI=1S/C6H12NO.CH4O.Cs/c1-5-4-6(8)2-3-7-5;1-2;/h5-7H,2-4H2,1H3;2H,1H3;/q-1;;+1. The van der Waals surface area contributed by atoms with Crippen LogP contribution in [0.5, 0.6) is 0 Å². The van der Waals surface area contributed by atoms with Gasteiger partial charge in [0.2, 0.25) is 0 Å². The van der Waals surface area contributed by atoms with E-state index in [0.717, 1.165) is 26.5 Å². The summed E-state index contributed by atoms with van der Waals surface area (Å²) in [6, 6.07) is 0.450. The molecular formula is C7H16CsNO2. The molecule has 1 heterocycles. The quantitative estimate of drug-likeness (QED) is 0.477. The third-order valence-corrected chi connectivity index (χ3v) is 1.58. The largest absolute Gasteiger partial charge is 1.00 e. The summed E-state index contributed by atoms with van der Waals surface area (Å²) in [5, 5.41) is 20.9. The van der Waals surface area contributed by atoms with Crippen molar-refractivity contribution >= 4 is 0 Å². The second-order valence-corrected chi connectivity index (χ2v) is 2.50. The SMILES string of the molecule is CC1CC([O-])CCN1.CO.[Cs+]. The Balaban J connectivity index is 0. The van der Waals surface area contributed by atoms with Gasteiger partial charge in [-0.25, -0.2) is 0 Å². The van der Waals surface area contributed by atoms with Crippen molar-refractivity contribution in [2.45, 2.75) is 31.9 Å². The van der Waals surface area contributed by atoms with Crippen LogP contribution in [0, 0.1) is 0 Å². The normalized spacial score (nSPS) is 29.5. The van der Waals surface area contributed by atoms with E-state index in [1.165, 1.54) is 0 Å². The molecule has 1 aliphatic heterocycles. The van der Waals surface area contributed by atoms with Gasteiger partial charge >= 0.3 is 68.9 Å². The Labute approximate surface area is 127 Å². The molecule has 1 rings (SSSR count). The average molecular weight is 279 g/mol. The van der Waals surface area contributed by atoms with Crippen molar-refractivity contribution in [1.29, 1.82) is 0 Å². The summed E-state index contributed by atoms with van der Waals surface area (Å²) in [4.78, 5) is 0. The molecule has 0 amide bonds. The minimum atomic E-state index is -0.300. The summed E-state index contributed by atoms with van der Waals surface area (Å²) >= 11 is 0. The number of nitrogens with one attached hydrogen (secondary N) is 1. The van der Waals surface area contributed by atoms with E-state index in [-0.39, 0.29) is 75.0 Å². The predicted molar refractivity (Wildman–Crippen MR) is 38.6 cm³/mol. The maximum Gasteiger partial charge on any atom is 1.00 e. The maximum atomic E-state index is 10.7. The van der Waals surface area contributed by atoms with Crippen LogP contribution >= 0.6 is 0 Å². The van der Waals surface area contributed by atoms with E-state index in [0.29, 0.717) is 6.04 Å². The van der Waals surface area contributed by atoms with E-state index in [2.05, 4.69) is 12.2 Å². The smallest absolute Gasteiger partial charge is 0.852 e. The molecule has 0 aliphatic carbocycles. The van der Waals surface area contributed by atoms with Gasteiger partial charge in [-0.2, -0.15) is 0 Å². The molecule has 0 aromatic rings. The fourth-order valence-corrected chi connectivity index (χ4v) is 1.09. The molecule has 2 N–H and O–H groups in total. The minimum absolute atomic E-state index is 0. The van der Waals surface area contributed by atoms with Gasteiger partial charge in [0.15, 0.2) is 0 Å². The first-order valence-electron chi connectivity index (χ1n) is 3.63. The predicted octanol–water partition coefficient (Wildman–Crippen LogP) is -3.90. The van der Waals surface area contributed by atoms with Gasteiger partial charge < -0.3 is 15.5 Å². The number of hydrogen-bond acceptors (Lipinski definition) is 3. The molecule has 4 heteroatoms. The van der Waals surface area contributed by atoms with Crippen LogP contribution in [0.25, 0.3) is 0 Å². The van der Waals surface area contributed by atoms with Crippen LogP contribution in [0.4, 0.5) is 0 Å². The van der Waals surface area contributed by atoms with Gasteiger partial charge in [0.05, 0.1) is 0 Å². The van der Waals surface area contributed by atoms with Crippen LogP contribution in [0.1, 0.15) is 19.8 Å². The Kier molecular flexibility index (Phi) is 14.0. The Morgan fingerprint density at radius 3 is 2.27 bits per heavy atom. The zero-order valence-corrected chi connectivity index (χ0v) is 13.9. The van der Waals surface area contributed by atoms with Crippen LogP contribution in [0.3, 0.4) is 0 Å². The van der Waals surface area contributed by atoms with Crippen molar-refractivity contribution in [3.05, 3.63) is 0 Å². The summed E-state index contributed by atoms with van der Waals surface area (Å²) in [5.41, 5.74) is 0. The summed E-state index contributed by atoms with van der Waals surface area (Å²) < 4.78 is 0. The van der Waals surface area contributed by atoms with Crippen LogP contribution in [-0.4, -0.2) is 30.9 Å². The maximum absolute atomic E-state index is 10.7. The van der Waals surface area contributed by atoms with Crippen molar-refractivity contribution in [2.75, 3.05) is 13.7 Å². The first-order valence-corrected chi connectivity index (χ1v) is 3.63. The van der Waals surface area contributed by atoms with E-state index >= 15 is 0 Å².